The van der Waals surface area contributed by atoms with Gasteiger partial charge in [-0.05, 0) is 51.2 Å². The number of nitrogens with one attached hydrogen (secondary N) is 1. The van der Waals surface area contributed by atoms with Crippen LogP contribution in [0, 0.1) is 6.92 Å². The molecule has 2 aliphatic rings. The highest BCUT2D eigenvalue weighted by Gasteiger charge is 2.31. The first-order valence-corrected chi connectivity index (χ1v) is 10.6. The molecule has 1 saturated carbocycles. The maximum absolute atomic E-state index is 12.9. The number of nitrogens with zero attached hydrogens (tertiary/aromatic N) is 3. The lowest BCUT2D eigenvalue weighted by atomic mass is 9.93. The number of halogens is 2. The Labute approximate surface area is 178 Å². The average Bonchev–Trinajstić information content (AvgIpc) is 3.05. The number of piperidine rings is 1. The highest BCUT2D eigenvalue weighted by Crippen LogP contribution is 2.29. The van der Waals surface area contributed by atoms with Crippen molar-refractivity contribution in [2.75, 3.05) is 13.1 Å². The molecule has 2 fully saturated rings. The summed E-state index contributed by atoms with van der Waals surface area (Å²) in [5.74, 6) is 0.333. The largest absolute Gasteiger partial charge is 0.435 e. The van der Waals surface area contributed by atoms with Crippen molar-refractivity contribution in [1.29, 1.82) is 0 Å². The van der Waals surface area contributed by atoms with Gasteiger partial charge in [-0.3, -0.25) is 9.59 Å². The molecule has 7 nitrogen and oxygen atoms in total. The van der Waals surface area contributed by atoms with Crippen LogP contribution in [0.5, 0.6) is 0 Å². The first-order valence-electron chi connectivity index (χ1n) is 9.81. The third-order valence-electron chi connectivity index (χ3n) is 5.53. The predicted octanol–water partition coefficient (Wildman–Crippen LogP) is 3.99. The van der Waals surface area contributed by atoms with Crippen LogP contribution in [-0.4, -0.2) is 45.8 Å². The number of aromatic nitrogens is 2. The van der Waals surface area contributed by atoms with Gasteiger partial charge in [-0.15, -0.1) is 0 Å². The van der Waals surface area contributed by atoms with Gasteiger partial charge < -0.3 is 14.6 Å². The Bertz CT molecular complexity index is 922. The zero-order chi connectivity index (χ0) is 20.5. The van der Waals surface area contributed by atoms with Gasteiger partial charge in [-0.2, -0.15) is 0 Å². The molecule has 29 heavy (non-hydrogen) atoms. The number of hydrogen-bond donors (Lipinski definition) is 1. The number of amides is 2. The van der Waals surface area contributed by atoms with E-state index in [2.05, 4.69) is 15.3 Å². The number of rotatable bonds is 4. The van der Waals surface area contributed by atoms with Gasteiger partial charge in [0, 0.05) is 24.7 Å². The molecule has 1 aliphatic heterocycles. The Morgan fingerprint density at radius 3 is 2.52 bits per heavy atom. The van der Waals surface area contributed by atoms with E-state index in [9.17, 15) is 9.59 Å². The minimum Gasteiger partial charge on any atom is -0.435 e. The lowest BCUT2D eigenvalue weighted by molar-refractivity contribution is 0.0695. The molecular weight excluding hydrogens is 415 g/mol. The van der Waals surface area contributed by atoms with Crippen LogP contribution in [0.4, 0.5) is 0 Å². The van der Waals surface area contributed by atoms with Crippen molar-refractivity contribution in [3.63, 3.8) is 0 Å². The summed E-state index contributed by atoms with van der Waals surface area (Å²) < 4.78 is 5.84. The Morgan fingerprint density at radius 2 is 1.86 bits per heavy atom. The van der Waals surface area contributed by atoms with Crippen molar-refractivity contribution in [2.24, 2.45) is 0 Å². The zero-order valence-corrected chi connectivity index (χ0v) is 17.6. The third kappa shape index (κ3) is 4.41. The zero-order valence-electron chi connectivity index (χ0n) is 16.1. The van der Waals surface area contributed by atoms with Gasteiger partial charge in [0.15, 0.2) is 5.89 Å². The van der Waals surface area contributed by atoms with E-state index in [4.69, 9.17) is 27.6 Å². The van der Waals surface area contributed by atoms with Crippen LogP contribution in [0.15, 0.2) is 16.5 Å². The van der Waals surface area contributed by atoms with Crippen molar-refractivity contribution in [2.45, 2.75) is 51.0 Å². The quantitative estimate of drug-likeness (QED) is 0.731. The number of carbonyl (C=O) groups excluding carboxylic acids is 2. The highest BCUT2D eigenvalue weighted by atomic mass is 35.5. The molecule has 9 heteroatoms. The van der Waals surface area contributed by atoms with Crippen LogP contribution in [0.1, 0.15) is 70.5 Å². The predicted molar refractivity (Wildman–Crippen MR) is 108 cm³/mol. The van der Waals surface area contributed by atoms with E-state index in [-0.39, 0.29) is 39.8 Å². The van der Waals surface area contributed by atoms with Gasteiger partial charge in [0.25, 0.3) is 11.8 Å². The van der Waals surface area contributed by atoms with Crippen LogP contribution in [0.2, 0.25) is 10.3 Å². The average molecular weight is 437 g/mol. The summed E-state index contributed by atoms with van der Waals surface area (Å²) in [5.41, 5.74) is 0.979. The second-order valence-electron chi connectivity index (χ2n) is 7.66. The van der Waals surface area contributed by atoms with Crippen molar-refractivity contribution in [3.05, 3.63) is 45.3 Å². The molecule has 4 rings (SSSR count). The molecular formula is C20H22Cl2N4O3. The van der Waals surface area contributed by atoms with Crippen molar-refractivity contribution < 1.29 is 14.0 Å². The summed E-state index contributed by atoms with van der Waals surface area (Å²) >= 11 is 11.9. The van der Waals surface area contributed by atoms with Gasteiger partial charge in [-0.25, -0.2) is 9.97 Å². The maximum atomic E-state index is 12.9. The molecule has 1 aliphatic carbocycles. The van der Waals surface area contributed by atoms with E-state index in [1.807, 2.05) is 0 Å². The minimum atomic E-state index is -0.212. The smallest absolute Gasteiger partial charge is 0.289 e. The van der Waals surface area contributed by atoms with E-state index < -0.39 is 0 Å². The topological polar surface area (TPSA) is 88.3 Å². The molecule has 1 N–H and O–H groups in total. The number of likely N-dealkylation sites (tertiary alicyclic amines) is 1. The number of oxazole rings is 1. The molecule has 2 aromatic rings. The Kier molecular flexibility index (Phi) is 5.79. The SMILES string of the molecule is Cc1nc(C2CCCN(C(=O)c3cc(Cl)nc(Cl)c3)C2)oc1C(=O)NC1CCC1. The number of aryl methyl sites for hydroxylation is 1. The van der Waals surface area contributed by atoms with Crippen molar-refractivity contribution >= 4 is 35.0 Å². The fourth-order valence-corrected chi connectivity index (χ4v) is 4.20. The van der Waals surface area contributed by atoms with E-state index in [1.54, 1.807) is 11.8 Å². The van der Waals surface area contributed by atoms with Crippen LogP contribution in [-0.2, 0) is 0 Å². The monoisotopic (exact) mass is 436 g/mol. The minimum absolute atomic E-state index is 0.0653. The molecule has 1 unspecified atom stereocenters. The normalized spacial score (nSPS) is 19.7. The van der Waals surface area contributed by atoms with Gasteiger partial charge in [0.05, 0.1) is 11.6 Å². The highest BCUT2D eigenvalue weighted by molar-refractivity contribution is 6.33. The fourth-order valence-electron chi connectivity index (χ4n) is 3.74. The maximum Gasteiger partial charge on any atom is 0.289 e. The van der Waals surface area contributed by atoms with E-state index in [1.165, 1.54) is 12.1 Å². The number of carbonyl (C=O) groups is 2. The Balaban J connectivity index is 1.47. The fraction of sp³-hybridized carbons (Fsp3) is 0.500. The van der Waals surface area contributed by atoms with Crippen LogP contribution in [0.25, 0.3) is 0 Å². The molecule has 3 heterocycles. The summed E-state index contributed by atoms with van der Waals surface area (Å²) in [6.07, 6.45) is 4.81. The third-order valence-corrected chi connectivity index (χ3v) is 5.91. The standard InChI is InChI=1S/C20H22Cl2N4O3/c1-11-17(18(27)24-14-5-2-6-14)29-19(23-11)12-4-3-7-26(10-12)20(28)13-8-15(21)25-16(22)9-13/h8-9,12,14H,2-7,10H2,1H3,(H,24,27). The second-order valence-corrected chi connectivity index (χ2v) is 8.43. The molecule has 2 amide bonds. The van der Waals surface area contributed by atoms with Crippen LogP contribution in [0.3, 0.4) is 0 Å². The lowest BCUT2D eigenvalue weighted by Crippen LogP contribution is -2.39. The summed E-state index contributed by atoms with van der Waals surface area (Å²) in [7, 11) is 0. The van der Waals surface area contributed by atoms with Gasteiger partial charge in [-0.1, -0.05) is 23.2 Å². The molecule has 0 radical (unpaired) electrons. The summed E-state index contributed by atoms with van der Waals surface area (Å²) in [4.78, 5) is 35.4. The van der Waals surface area contributed by atoms with Gasteiger partial charge in [0.2, 0.25) is 5.76 Å². The van der Waals surface area contributed by atoms with Crippen LogP contribution < -0.4 is 5.32 Å². The van der Waals surface area contributed by atoms with E-state index in [0.717, 1.165) is 32.1 Å². The number of hydrogen-bond acceptors (Lipinski definition) is 5. The molecule has 1 atom stereocenters. The van der Waals surface area contributed by atoms with Crippen molar-refractivity contribution in [3.8, 4) is 0 Å². The Hall–Kier alpha value is -2.12. The molecule has 0 spiro atoms. The van der Waals surface area contributed by atoms with Crippen molar-refractivity contribution in [1.82, 2.24) is 20.2 Å². The molecule has 0 bridgehead atoms. The van der Waals surface area contributed by atoms with Gasteiger partial charge in [0.1, 0.15) is 10.3 Å². The summed E-state index contributed by atoms with van der Waals surface area (Å²) in [5, 5.41) is 3.34. The molecule has 0 aromatic carbocycles. The lowest BCUT2D eigenvalue weighted by Gasteiger charge is -2.31. The van der Waals surface area contributed by atoms with Gasteiger partial charge >= 0.3 is 0 Å². The Morgan fingerprint density at radius 1 is 1.14 bits per heavy atom. The first kappa shape index (κ1) is 20.2. The number of pyridine rings is 1. The summed E-state index contributed by atoms with van der Waals surface area (Å²) in [6.45, 7) is 2.86. The molecule has 154 valence electrons. The molecule has 2 aromatic heterocycles. The van der Waals surface area contributed by atoms with Crippen LogP contribution >= 0.6 is 23.2 Å². The van der Waals surface area contributed by atoms with E-state index in [0.29, 0.717) is 30.2 Å². The second kappa shape index (κ2) is 8.32. The molecule has 1 saturated heterocycles. The summed E-state index contributed by atoms with van der Waals surface area (Å²) in [6, 6.07) is 3.26. The first-order chi connectivity index (χ1) is 13.9. The van der Waals surface area contributed by atoms with E-state index >= 15 is 0 Å².